The summed E-state index contributed by atoms with van der Waals surface area (Å²) in [6, 6.07) is 2.96. The molecule has 1 rings (SSSR count). The zero-order chi connectivity index (χ0) is 10.7. The van der Waals surface area contributed by atoms with Gasteiger partial charge in [-0.1, -0.05) is 0 Å². The molecular weight excluding hydrogens is 317 g/mol. The maximum Gasteiger partial charge on any atom is 0.127 e. The Labute approximate surface area is 100 Å². The molecule has 0 aromatic heterocycles. The van der Waals surface area contributed by atoms with E-state index in [0.29, 0.717) is 17.1 Å². The van der Waals surface area contributed by atoms with E-state index in [1.165, 1.54) is 6.07 Å². The van der Waals surface area contributed by atoms with Gasteiger partial charge in [-0.2, -0.15) is 0 Å². The molecule has 0 spiro atoms. The van der Waals surface area contributed by atoms with Gasteiger partial charge in [0.05, 0.1) is 11.6 Å². The lowest BCUT2D eigenvalue weighted by atomic mass is 10.2. The monoisotopic (exact) mass is 326 g/mol. The van der Waals surface area contributed by atoms with Crippen molar-refractivity contribution in [3.63, 3.8) is 0 Å². The maximum atomic E-state index is 13.1. The Bertz CT molecular complexity index is 379. The van der Waals surface area contributed by atoms with Crippen molar-refractivity contribution in [2.24, 2.45) is 10.7 Å². The highest BCUT2D eigenvalue weighted by Crippen LogP contribution is 2.26. The zero-order valence-electron chi connectivity index (χ0n) is 7.52. The van der Waals surface area contributed by atoms with E-state index in [0.717, 1.165) is 3.57 Å². The van der Waals surface area contributed by atoms with Crippen LogP contribution in [0.2, 0.25) is 0 Å². The molecule has 2 nitrogen and oxygen atoms in total. The number of halogens is 3. The summed E-state index contributed by atoms with van der Waals surface area (Å²) in [5, 5.41) is 0. The number of nitrogens with two attached hydrogens (primary N) is 1. The molecule has 0 fully saturated rings. The summed E-state index contributed by atoms with van der Waals surface area (Å²) in [6.07, 6.45) is 0. The number of hydrogen-bond donors (Lipinski definition) is 1. The van der Waals surface area contributed by atoms with Crippen molar-refractivity contribution in [3.8, 4) is 0 Å². The number of benzene rings is 1. The summed E-state index contributed by atoms with van der Waals surface area (Å²) in [5.41, 5.74) is 6.72. The molecule has 14 heavy (non-hydrogen) atoms. The molecule has 0 saturated carbocycles. The minimum Gasteiger partial charge on any atom is -0.386 e. The highest BCUT2D eigenvalue weighted by Gasteiger charge is 2.06. The molecule has 0 radical (unpaired) electrons. The molecule has 0 unspecified atom stereocenters. The van der Waals surface area contributed by atoms with Crippen molar-refractivity contribution in [2.45, 2.75) is 6.92 Å². The van der Waals surface area contributed by atoms with Gasteiger partial charge in [-0.05, 0) is 41.6 Å². The molecule has 0 bridgehead atoms. The van der Waals surface area contributed by atoms with Gasteiger partial charge < -0.3 is 5.73 Å². The highest BCUT2D eigenvalue weighted by molar-refractivity contribution is 14.1. The van der Waals surface area contributed by atoms with Crippen LogP contribution >= 0.6 is 34.2 Å². The molecule has 5 heteroatoms. The van der Waals surface area contributed by atoms with Gasteiger partial charge in [0, 0.05) is 9.13 Å². The van der Waals surface area contributed by atoms with Crippen molar-refractivity contribution >= 4 is 45.7 Å². The van der Waals surface area contributed by atoms with E-state index >= 15 is 0 Å². The summed E-state index contributed by atoms with van der Waals surface area (Å²) < 4.78 is 13.8. The normalized spacial score (nSPS) is 11.9. The lowest BCUT2D eigenvalue weighted by Gasteiger charge is -2.04. The third kappa shape index (κ3) is 2.57. The van der Waals surface area contributed by atoms with Gasteiger partial charge in [0.25, 0.3) is 0 Å². The van der Waals surface area contributed by atoms with Crippen LogP contribution in [-0.2, 0) is 0 Å². The van der Waals surface area contributed by atoms with E-state index in [2.05, 4.69) is 4.99 Å². The van der Waals surface area contributed by atoms with E-state index in [-0.39, 0.29) is 11.7 Å². The quantitative estimate of drug-likeness (QED) is 0.386. The first-order valence-corrected chi connectivity index (χ1v) is 5.51. The Morgan fingerprint density at radius 3 is 2.86 bits per heavy atom. The predicted molar refractivity (Wildman–Crippen MR) is 65.9 cm³/mol. The molecule has 1 aromatic rings. The minimum absolute atomic E-state index is 0.173. The van der Waals surface area contributed by atoms with Gasteiger partial charge in [0.2, 0.25) is 0 Å². The average molecular weight is 327 g/mol. The molecule has 0 saturated heterocycles. The number of rotatable bonds is 2. The van der Waals surface area contributed by atoms with Crippen LogP contribution in [0.15, 0.2) is 17.1 Å². The molecule has 76 valence electrons. The van der Waals surface area contributed by atoms with E-state index in [1.54, 1.807) is 13.0 Å². The molecular formula is C9H9ClFIN2. The smallest absolute Gasteiger partial charge is 0.127 e. The summed E-state index contributed by atoms with van der Waals surface area (Å²) in [7, 11) is 0. The van der Waals surface area contributed by atoms with Gasteiger partial charge in [0.15, 0.2) is 0 Å². The molecule has 0 heterocycles. The summed E-state index contributed by atoms with van der Waals surface area (Å²) in [4.78, 5) is 4.07. The molecule has 0 atom stereocenters. The van der Waals surface area contributed by atoms with E-state index in [9.17, 15) is 4.39 Å². The van der Waals surface area contributed by atoms with Crippen molar-refractivity contribution < 1.29 is 4.39 Å². The van der Waals surface area contributed by atoms with Crippen LogP contribution in [0.5, 0.6) is 0 Å². The number of amidine groups is 1. The third-order valence-corrected chi connectivity index (χ3v) is 3.34. The molecule has 0 amide bonds. The average Bonchev–Trinajstić information content (AvgIpc) is 2.19. The van der Waals surface area contributed by atoms with Crippen LogP contribution < -0.4 is 5.73 Å². The first kappa shape index (κ1) is 11.7. The molecule has 0 aliphatic rings. The molecule has 2 N–H and O–H groups in total. The van der Waals surface area contributed by atoms with Crippen LogP contribution in [0.25, 0.3) is 0 Å². The third-order valence-electron chi connectivity index (χ3n) is 1.70. The second kappa shape index (κ2) is 4.93. The van der Waals surface area contributed by atoms with Crippen LogP contribution in [-0.4, -0.2) is 11.7 Å². The van der Waals surface area contributed by atoms with Crippen LogP contribution in [0.4, 0.5) is 10.1 Å². The Balaban J connectivity index is 3.18. The number of nitrogens with zero attached hydrogens (tertiary/aromatic N) is 1. The number of alkyl halides is 1. The van der Waals surface area contributed by atoms with E-state index in [4.69, 9.17) is 17.3 Å². The van der Waals surface area contributed by atoms with E-state index in [1.807, 2.05) is 22.6 Å². The van der Waals surface area contributed by atoms with Gasteiger partial charge in [-0.25, -0.2) is 9.38 Å². The first-order valence-electron chi connectivity index (χ1n) is 3.90. The largest absolute Gasteiger partial charge is 0.386 e. The number of hydrogen-bond acceptors (Lipinski definition) is 1. The Morgan fingerprint density at radius 2 is 2.29 bits per heavy atom. The summed E-state index contributed by atoms with van der Waals surface area (Å²) >= 11 is 7.53. The van der Waals surface area contributed by atoms with Crippen molar-refractivity contribution in [3.05, 3.63) is 27.1 Å². The molecule has 0 aliphatic heterocycles. The Morgan fingerprint density at radius 1 is 1.64 bits per heavy atom. The summed E-state index contributed by atoms with van der Waals surface area (Å²) in [6.45, 7) is 1.70. The van der Waals surface area contributed by atoms with Crippen LogP contribution in [0.3, 0.4) is 0 Å². The summed E-state index contributed by atoms with van der Waals surface area (Å²) in [5.74, 6) is 0.264. The Kier molecular flexibility index (Phi) is 4.12. The fraction of sp³-hybridized carbons (Fsp3) is 0.222. The molecule has 1 aromatic carbocycles. The second-order valence-electron chi connectivity index (χ2n) is 2.74. The Hall–Kier alpha value is -0.360. The van der Waals surface area contributed by atoms with Crippen LogP contribution in [0, 0.1) is 16.3 Å². The van der Waals surface area contributed by atoms with Crippen molar-refractivity contribution in [2.75, 3.05) is 5.88 Å². The maximum absolute atomic E-state index is 13.1. The SMILES string of the molecule is Cc1c(F)ccc(N=C(N)CCl)c1I. The standard InChI is InChI=1S/C9H9ClFIN2/c1-5-6(11)2-3-7(9(5)12)14-8(13)4-10/h2-3H,4H2,1H3,(H2,13,14). The van der Waals surface area contributed by atoms with Gasteiger partial charge in [-0.15, -0.1) is 11.6 Å². The first-order chi connectivity index (χ1) is 6.56. The fourth-order valence-electron chi connectivity index (χ4n) is 0.918. The van der Waals surface area contributed by atoms with E-state index < -0.39 is 0 Å². The van der Waals surface area contributed by atoms with Gasteiger partial charge in [0.1, 0.15) is 11.7 Å². The topological polar surface area (TPSA) is 38.4 Å². The number of aliphatic imine (C=N–C) groups is 1. The zero-order valence-corrected chi connectivity index (χ0v) is 10.4. The lowest BCUT2D eigenvalue weighted by molar-refractivity contribution is 0.617. The van der Waals surface area contributed by atoms with Crippen LogP contribution in [0.1, 0.15) is 5.56 Å². The van der Waals surface area contributed by atoms with Gasteiger partial charge in [-0.3, -0.25) is 0 Å². The predicted octanol–water partition coefficient (Wildman–Crippen LogP) is 2.97. The molecule has 0 aliphatic carbocycles. The minimum atomic E-state index is -0.238. The lowest BCUT2D eigenvalue weighted by Crippen LogP contribution is -2.12. The highest BCUT2D eigenvalue weighted by atomic mass is 127. The fourth-order valence-corrected chi connectivity index (χ4v) is 1.54. The van der Waals surface area contributed by atoms with Gasteiger partial charge >= 0.3 is 0 Å². The second-order valence-corrected chi connectivity index (χ2v) is 4.09. The van der Waals surface area contributed by atoms with Crippen molar-refractivity contribution in [1.29, 1.82) is 0 Å². The van der Waals surface area contributed by atoms with Crippen molar-refractivity contribution in [1.82, 2.24) is 0 Å².